The number of nitrogens with zero attached hydrogens (tertiary/aromatic N) is 2. The van der Waals surface area contributed by atoms with Gasteiger partial charge in [-0.3, -0.25) is 4.68 Å². The highest BCUT2D eigenvalue weighted by atomic mass is 32.1. The van der Waals surface area contributed by atoms with Crippen LogP contribution in [0.5, 0.6) is 5.75 Å². The lowest BCUT2D eigenvalue weighted by Crippen LogP contribution is -2.30. The number of aromatic nitrogens is 2. The molecule has 0 aliphatic heterocycles. The summed E-state index contributed by atoms with van der Waals surface area (Å²) >= 11 is 5.28. The van der Waals surface area contributed by atoms with E-state index in [2.05, 4.69) is 15.7 Å². The maximum Gasteiger partial charge on any atom is 0.170 e. The van der Waals surface area contributed by atoms with Gasteiger partial charge >= 0.3 is 0 Å². The smallest absolute Gasteiger partial charge is 0.170 e. The molecule has 0 fully saturated rings. The number of rotatable bonds is 6. The van der Waals surface area contributed by atoms with Crippen LogP contribution < -0.4 is 15.4 Å². The van der Waals surface area contributed by atoms with E-state index >= 15 is 0 Å². The van der Waals surface area contributed by atoms with Crippen molar-refractivity contribution in [3.8, 4) is 5.75 Å². The van der Waals surface area contributed by atoms with Gasteiger partial charge in [-0.15, -0.1) is 0 Å². The molecule has 2 aromatic rings. The molecule has 0 bridgehead atoms. The van der Waals surface area contributed by atoms with E-state index < -0.39 is 0 Å². The molecule has 112 valence electrons. The Bertz CT molecular complexity index is 597. The van der Waals surface area contributed by atoms with E-state index in [1.54, 1.807) is 7.11 Å². The lowest BCUT2D eigenvalue weighted by Gasteiger charge is -2.13. The molecule has 0 amide bonds. The summed E-state index contributed by atoms with van der Waals surface area (Å²) in [5.41, 5.74) is 1.90. The topological polar surface area (TPSA) is 51.1 Å². The minimum atomic E-state index is 0.594. The predicted octanol–water partition coefficient (Wildman–Crippen LogP) is 2.58. The molecule has 5 nitrogen and oxygen atoms in total. The normalized spacial score (nSPS) is 10.2. The minimum absolute atomic E-state index is 0.594. The third-order valence-electron chi connectivity index (χ3n) is 2.98. The van der Waals surface area contributed by atoms with Crippen LogP contribution in [0.15, 0.2) is 36.5 Å². The number of para-hydroxylation sites is 2. The molecule has 0 aliphatic carbocycles. The second kappa shape index (κ2) is 7.64. The molecule has 1 heterocycles. The Hall–Kier alpha value is -2.08. The highest BCUT2D eigenvalue weighted by Gasteiger charge is 2.03. The fourth-order valence-electron chi connectivity index (χ4n) is 1.95. The standard InChI is InChI=1S/C15H20N4OS/c1-12-8-11-19(18-12)10-5-9-16-15(21)17-13-6-3-4-7-14(13)20-2/h3-4,6-8,11H,5,9-10H2,1-2H3,(H2,16,17,21). The number of methoxy groups -OCH3 is 1. The van der Waals surface area contributed by atoms with Gasteiger partial charge in [0.1, 0.15) is 5.75 Å². The van der Waals surface area contributed by atoms with E-state index in [9.17, 15) is 0 Å². The molecule has 21 heavy (non-hydrogen) atoms. The van der Waals surface area contributed by atoms with Crippen LogP contribution in [0.1, 0.15) is 12.1 Å². The number of aryl methyl sites for hydroxylation is 2. The Labute approximate surface area is 130 Å². The SMILES string of the molecule is COc1ccccc1NC(=S)NCCCn1ccc(C)n1. The van der Waals surface area contributed by atoms with Crippen LogP contribution in [0.3, 0.4) is 0 Å². The number of anilines is 1. The first-order valence-electron chi connectivity index (χ1n) is 6.87. The lowest BCUT2D eigenvalue weighted by atomic mass is 10.3. The zero-order valence-corrected chi connectivity index (χ0v) is 13.1. The lowest BCUT2D eigenvalue weighted by molar-refractivity contribution is 0.417. The van der Waals surface area contributed by atoms with Gasteiger partial charge in [-0.1, -0.05) is 12.1 Å². The molecular weight excluding hydrogens is 284 g/mol. The van der Waals surface area contributed by atoms with Crippen molar-refractivity contribution in [2.24, 2.45) is 0 Å². The van der Waals surface area contributed by atoms with Crippen LogP contribution in [0.25, 0.3) is 0 Å². The van der Waals surface area contributed by atoms with E-state index in [1.807, 2.05) is 48.1 Å². The maximum absolute atomic E-state index is 5.28. The first-order chi connectivity index (χ1) is 10.2. The second-order valence-electron chi connectivity index (χ2n) is 4.65. The largest absolute Gasteiger partial charge is 0.495 e. The van der Waals surface area contributed by atoms with Crippen LogP contribution in [-0.2, 0) is 6.54 Å². The van der Waals surface area contributed by atoms with Crippen molar-refractivity contribution in [3.63, 3.8) is 0 Å². The van der Waals surface area contributed by atoms with Gasteiger partial charge in [-0.05, 0) is 43.8 Å². The fourth-order valence-corrected chi connectivity index (χ4v) is 2.16. The molecule has 0 atom stereocenters. The van der Waals surface area contributed by atoms with Crippen molar-refractivity contribution in [2.75, 3.05) is 19.0 Å². The van der Waals surface area contributed by atoms with Gasteiger partial charge < -0.3 is 15.4 Å². The predicted molar refractivity (Wildman–Crippen MR) is 88.8 cm³/mol. The van der Waals surface area contributed by atoms with Crippen LogP contribution in [-0.4, -0.2) is 28.5 Å². The number of hydrogen-bond acceptors (Lipinski definition) is 3. The molecule has 0 aliphatic rings. The highest BCUT2D eigenvalue weighted by Crippen LogP contribution is 2.22. The van der Waals surface area contributed by atoms with Crippen LogP contribution in [0.4, 0.5) is 5.69 Å². The molecule has 0 spiro atoms. The number of thiocarbonyl (C=S) groups is 1. The van der Waals surface area contributed by atoms with Gasteiger partial charge in [0.05, 0.1) is 18.5 Å². The number of ether oxygens (including phenoxy) is 1. The fraction of sp³-hybridized carbons (Fsp3) is 0.333. The summed E-state index contributed by atoms with van der Waals surface area (Å²) in [5.74, 6) is 0.772. The van der Waals surface area contributed by atoms with Gasteiger partial charge in [-0.2, -0.15) is 5.10 Å². The van der Waals surface area contributed by atoms with Crippen molar-refractivity contribution in [2.45, 2.75) is 19.9 Å². The Morgan fingerprint density at radius 3 is 2.86 bits per heavy atom. The van der Waals surface area contributed by atoms with Crippen molar-refractivity contribution >= 4 is 23.0 Å². The Morgan fingerprint density at radius 1 is 1.33 bits per heavy atom. The van der Waals surface area contributed by atoms with E-state index in [0.717, 1.165) is 36.6 Å². The van der Waals surface area contributed by atoms with E-state index in [-0.39, 0.29) is 0 Å². The zero-order chi connectivity index (χ0) is 15.1. The summed E-state index contributed by atoms with van der Waals surface area (Å²) in [6.45, 7) is 3.65. The Balaban J connectivity index is 1.72. The van der Waals surface area contributed by atoms with Crippen molar-refractivity contribution in [3.05, 3.63) is 42.2 Å². The minimum Gasteiger partial charge on any atom is -0.495 e. The third kappa shape index (κ3) is 4.75. The van der Waals surface area contributed by atoms with Crippen molar-refractivity contribution < 1.29 is 4.74 Å². The van der Waals surface area contributed by atoms with E-state index in [1.165, 1.54) is 0 Å². The first kappa shape index (κ1) is 15.3. The molecule has 0 saturated carbocycles. The molecule has 2 rings (SSSR count). The molecule has 0 saturated heterocycles. The quantitative estimate of drug-likeness (QED) is 0.634. The van der Waals surface area contributed by atoms with Crippen molar-refractivity contribution in [1.82, 2.24) is 15.1 Å². The van der Waals surface area contributed by atoms with Gasteiger partial charge in [0.25, 0.3) is 0 Å². The molecular formula is C15H20N4OS. The summed E-state index contributed by atoms with van der Waals surface area (Å²) in [4.78, 5) is 0. The van der Waals surface area contributed by atoms with Crippen LogP contribution in [0, 0.1) is 6.92 Å². The Kier molecular flexibility index (Phi) is 5.57. The molecule has 0 unspecified atom stereocenters. The number of nitrogens with one attached hydrogen (secondary N) is 2. The second-order valence-corrected chi connectivity index (χ2v) is 5.06. The summed E-state index contributed by atoms with van der Waals surface area (Å²) in [5, 5.41) is 11.3. The number of benzene rings is 1. The van der Waals surface area contributed by atoms with Gasteiger partial charge in [0.15, 0.2) is 5.11 Å². The summed E-state index contributed by atoms with van der Waals surface area (Å²) in [6, 6.07) is 9.69. The third-order valence-corrected chi connectivity index (χ3v) is 3.23. The van der Waals surface area contributed by atoms with Gasteiger partial charge in [-0.25, -0.2) is 0 Å². The Morgan fingerprint density at radius 2 is 2.14 bits per heavy atom. The first-order valence-corrected chi connectivity index (χ1v) is 7.28. The molecule has 1 aromatic heterocycles. The average molecular weight is 304 g/mol. The zero-order valence-electron chi connectivity index (χ0n) is 12.3. The monoisotopic (exact) mass is 304 g/mol. The maximum atomic E-state index is 5.28. The molecule has 0 radical (unpaired) electrons. The summed E-state index contributed by atoms with van der Waals surface area (Å²) in [6.07, 6.45) is 2.94. The van der Waals surface area contributed by atoms with Crippen LogP contribution in [0.2, 0.25) is 0 Å². The summed E-state index contributed by atoms with van der Waals surface area (Å²) < 4.78 is 7.21. The highest BCUT2D eigenvalue weighted by molar-refractivity contribution is 7.80. The van der Waals surface area contributed by atoms with E-state index in [4.69, 9.17) is 17.0 Å². The van der Waals surface area contributed by atoms with E-state index in [0.29, 0.717) is 5.11 Å². The van der Waals surface area contributed by atoms with Gasteiger partial charge in [0, 0.05) is 19.3 Å². The molecule has 2 N–H and O–H groups in total. The summed E-state index contributed by atoms with van der Waals surface area (Å²) in [7, 11) is 1.64. The number of hydrogen-bond donors (Lipinski definition) is 2. The van der Waals surface area contributed by atoms with Crippen LogP contribution >= 0.6 is 12.2 Å². The van der Waals surface area contributed by atoms with Crippen molar-refractivity contribution in [1.29, 1.82) is 0 Å². The molecule has 6 heteroatoms. The van der Waals surface area contributed by atoms with Gasteiger partial charge in [0.2, 0.25) is 0 Å². The average Bonchev–Trinajstić information content (AvgIpc) is 2.90. The molecule has 1 aromatic carbocycles.